The quantitative estimate of drug-likeness (QED) is 0.717. The lowest BCUT2D eigenvalue weighted by Gasteiger charge is -2.28. The lowest BCUT2D eigenvalue weighted by atomic mass is 9.79. The molecular formula is C16H27NO. The Morgan fingerprint density at radius 3 is 2.50 bits per heavy atom. The van der Waals surface area contributed by atoms with Crippen LogP contribution in [0.1, 0.15) is 65.2 Å². The topological polar surface area (TPSA) is 29.1 Å². The molecule has 0 bridgehead atoms. The van der Waals surface area contributed by atoms with Crippen LogP contribution >= 0.6 is 0 Å². The van der Waals surface area contributed by atoms with Crippen LogP contribution in [0.2, 0.25) is 0 Å². The highest BCUT2D eigenvalue weighted by atomic mass is 16.1. The highest BCUT2D eigenvalue weighted by molar-refractivity contribution is 5.79. The normalized spacial score (nSPS) is 25.2. The molecule has 1 aliphatic rings. The van der Waals surface area contributed by atoms with E-state index in [4.69, 9.17) is 6.42 Å². The summed E-state index contributed by atoms with van der Waals surface area (Å²) in [4.78, 5) is 12.0. The fraction of sp³-hybridized carbons (Fsp3) is 0.812. The number of hydrogen-bond donors (Lipinski definition) is 1. The van der Waals surface area contributed by atoms with Crippen molar-refractivity contribution in [3.05, 3.63) is 0 Å². The third kappa shape index (κ3) is 4.72. The molecule has 0 spiro atoms. The monoisotopic (exact) mass is 249 g/mol. The predicted octanol–water partition coefficient (Wildman–Crippen LogP) is 3.51. The van der Waals surface area contributed by atoms with E-state index >= 15 is 0 Å². The van der Waals surface area contributed by atoms with E-state index in [9.17, 15) is 4.79 Å². The zero-order valence-electron chi connectivity index (χ0n) is 11.9. The van der Waals surface area contributed by atoms with Crippen molar-refractivity contribution in [1.82, 2.24) is 5.32 Å². The first-order valence-corrected chi connectivity index (χ1v) is 7.47. The maximum absolute atomic E-state index is 12.0. The summed E-state index contributed by atoms with van der Waals surface area (Å²) in [6.07, 6.45) is 14.6. The van der Waals surface area contributed by atoms with Gasteiger partial charge in [0, 0.05) is 5.92 Å². The Bertz CT molecular complexity index is 284. The van der Waals surface area contributed by atoms with Gasteiger partial charge in [0.15, 0.2) is 0 Å². The average Bonchev–Trinajstić information content (AvgIpc) is 2.42. The third-order valence-corrected chi connectivity index (χ3v) is 4.11. The molecule has 1 unspecified atom stereocenters. The Morgan fingerprint density at radius 1 is 1.33 bits per heavy atom. The molecule has 1 rings (SSSR count). The third-order valence-electron chi connectivity index (χ3n) is 4.11. The summed E-state index contributed by atoms with van der Waals surface area (Å²) >= 11 is 0. The first kappa shape index (κ1) is 15.1. The van der Waals surface area contributed by atoms with Crippen LogP contribution in [0.3, 0.4) is 0 Å². The fourth-order valence-corrected chi connectivity index (χ4v) is 2.76. The van der Waals surface area contributed by atoms with E-state index in [1.807, 2.05) is 6.92 Å². The number of carbonyl (C=O) groups is 1. The summed E-state index contributed by atoms with van der Waals surface area (Å²) in [5.41, 5.74) is 0. The molecule has 18 heavy (non-hydrogen) atoms. The predicted molar refractivity (Wildman–Crippen MR) is 76.0 cm³/mol. The second kappa shape index (κ2) is 8.19. The van der Waals surface area contributed by atoms with Gasteiger partial charge in [-0.1, -0.05) is 39.0 Å². The maximum atomic E-state index is 12.0. The molecule has 1 N–H and O–H groups in total. The molecule has 0 aromatic heterocycles. The summed E-state index contributed by atoms with van der Waals surface area (Å²) in [7, 11) is 0. The molecule has 0 aromatic carbocycles. The molecule has 102 valence electrons. The van der Waals surface area contributed by atoms with E-state index in [0.29, 0.717) is 0 Å². The summed E-state index contributed by atoms with van der Waals surface area (Å²) < 4.78 is 0. The zero-order chi connectivity index (χ0) is 13.4. The van der Waals surface area contributed by atoms with E-state index in [2.05, 4.69) is 18.2 Å². The lowest BCUT2D eigenvalue weighted by Crippen LogP contribution is -2.39. The standard InChI is InChI=1S/C16H27NO/c1-4-7-8-13-9-11-14(12-10-13)16(18)17-15(5-2)6-3/h2,13-15H,4,6-12H2,1,3H3,(H,17,18). The van der Waals surface area contributed by atoms with Gasteiger partial charge >= 0.3 is 0 Å². The fourth-order valence-electron chi connectivity index (χ4n) is 2.76. The number of carbonyl (C=O) groups excluding carboxylic acids is 1. The largest absolute Gasteiger partial charge is 0.342 e. The minimum absolute atomic E-state index is 0.0877. The SMILES string of the molecule is C#CC(CC)NC(=O)C1CCC(CCCC)CC1. The van der Waals surface area contributed by atoms with Gasteiger partial charge in [-0.3, -0.25) is 4.79 Å². The second-order valence-electron chi connectivity index (χ2n) is 5.50. The van der Waals surface area contributed by atoms with Crippen LogP contribution in [0, 0.1) is 24.2 Å². The molecule has 2 heteroatoms. The molecule has 2 nitrogen and oxygen atoms in total. The molecule has 1 atom stereocenters. The molecule has 0 aliphatic heterocycles. The molecule has 1 amide bonds. The van der Waals surface area contributed by atoms with Crippen LogP contribution in [-0.4, -0.2) is 11.9 Å². The minimum Gasteiger partial charge on any atom is -0.342 e. The van der Waals surface area contributed by atoms with Gasteiger partial charge in [-0.2, -0.15) is 0 Å². The van der Waals surface area contributed by atoms with Gasteiger partial charge < -0.3 is 5.32 Å². The molecule has 0 saturated heterocycles. The van der Waals surface area contributed by atoms with Crippen molar-refractivity contribution in [2.45, 2.75) is 71.3 Å². The van der Waals surface area contributed by atoms with E-state index in [0.717, 1.165) is 25.2 Å². The van der Waals surface area contributed by atoms with Gasteiger partial charge in [-0.25, -0.2) is 0 Å². The number of rotatable bonds is 6. The zero-order valence-corrected chi connectivity index (χ0v) is 11.9. The highest BCUT2D eigenvalue weighted by Crippen LogP contribution is 2.32. The molecule has 0 aromatic rings. The summed E-state index contributed by atoms with van der Waals surface area (Å²) in [6.45, 7) is 4.25. The summed E-state index contributed by atoms with van der Waals surface area (Å²) in [6, 6.07) is -0.0877. The van der Waals surface area contributed by atoms with Gasteiger partial charge in [0.25, 0.3) is 0 Å². The van der Waals surface area contributed by atoms with Crippen molar-refractivity contribution in [2.75, 3.05) is 0 Å². The van der Waals surface area contributed by atoms with Crippen LogP contribution in [0.4, 0.5) is 0 Å². The van der Waals surface area contributed by atoms with Gasteiger partial charge in [0.2, 0.25) is 5.91 Å². The Morgan fingerprint density at radius 2 is 2.00 bits per heavy atom. The smallest absolute Gasteiger partial charge is 0.224 e. The highest BCUT2D eigenvalue weighted by Gasteiger charge is 2.26. The van der Waals surface area contributed by atoms with Crippen LogP contribution < -0.4 is 5.32 Å². The van der Waals surface area contributed by atoms with Gasteiger partial charge in [0.05, 0.1) is 6.04 Å². The first-order valence-electron chi connectivity index (χ1n) is 7.47. The lowest BCUT2D eigenvalue weighted by molar-refractivity contribution is -0.126. The van der Waals surface area contributed by atoms with Crippen molar-refractivity contribution >= 4 is 5.91 Å². The molecule has 1 saturated carbocycles. The van der Waals surface area contributed by atoms with E-state index in [1.165, 1.54) is 32.1 Å². The number of amides is 1. The minimum atomic E-state index is -0.0877. The molecular weight excluding hydrogens is 222 g/mol. The Labute approximate surface area is 112 Å². The number of nitrogens with one attached hydrogen (secondary N) is 1. The summed E-state index contributed by atoms with van der Waals surface area (Å²) in [5, 5.41) is 2.97. The van der Waals surface area contributed by atoms with Crippen molar-refractivity contribution in [1.29, 1.82) is 0 Å². The Hall–Kier alpha value is -0.970. The number of hydrogen-bond acceptors (Lipinski definition) is 1. The van der Waals surface area contributed by atoms with E-state index in [-0.39, 0.29) is 17.9 Å². The average molecular weight is 249 g/mol. The van der Waals surface area contributed by atoms with E-state index < -0.39 is 0 Å². The molecule has 1 aliphatic carbocycles. The second-order valence-corrected chi connectivity index (χ2v) is 5.50. The molecule has 0 radical (unpaired) electrons. The van der Waals surface area contributed by atoms with Crippen LogP contribution in [0.5, 0.6) is 0 Å². The van der Waals surface area contributed by atoms with Crippen LogP contribution in [-0.2, 0) is 4.79 Å². The van der Waals surface area contributed by atoms with Crippen LogP contribution in [0.15, 0.2) is 0 Å². The Kier molecular flexibility index (Phi) is 6.86. The van der Waals surface area contributed by atoms with E-state index in [1.54, 1.807) is 0 Å². The van der Waals surface area contributed by atoms with Gasteiger partial charge in [-0.05, 0) is 38.0 Å². The van der Waals surface area contributed by atoms with Gasteiger partial charge in [-0.15, -0.1) is 6.42 Å². The summed E-state index contributed by atoms with van der Waals surface area (Å²) in [5.74, 6) is 3.85. The van der Waals surface area contributed by atoms with Gasteiger partial charge in [0.1, 0.15) is 0 Å². The Balaban J connectivity index is 2.29. The number of terminal acetylenes is 1. The van der Waals surface area contributed by atoms with Crippen molar-refractivity contribution < 1.29 is 4.79 Å². The van der Waals surface area contributed by atoms with Crippen molar-refractivity contribution in [2.24, 2.45) is 11.8 Å². The van der Waals surface area contributed by atoms with Crippen molar-refractivity contribution in [3.63, 3.8) is 0 Å². The van der Waals surface area contributed by atoms with Crippen LogP contribution in [0.25, 0.3) is 0 Å². The number of unbranched alkanes of at least 4 members (excludes halogenated alkanes) is 1. The first-order chi connectivity index (χ1) is 8.71. The van der Waals surface area contributed by atoms with Crippen molar-refractivity contribution in [3.8, 4) is 12.3 Å². The molecule has 0 heterocycles. The maximum Gasteiger partial charge on any atom is 0.224 e. The molecule has 1 fully saturated rings.